The molecule has 5 N–H and O–H groups in total. The van der Waals surface area contributed by atoms with E-state index in [1.807, 2.05) is 12.3 Å². The van der Waals surface area contributed by atoms with Crippen LogP contribution in [0.3, 0.4) is 0 Å². The first-order chi connectivity index (χ1) is 14.3. The molecule has 1 aromatic heterocycles. The zero-order valence-electron chi connectivity index (χ0n) is 17.7. The Hall–Kier alpha value is -3.13. The molecule has 164 valence electrons. The number of rotatable bonds is 10. The minimum absolute atomic E-state index is 0.357. The summed E-state index contributed by atoms with van der Waals surface area (Å²) in [6.45, 7) is 5.10. The van der Waals surface area contributed by atoms with Crippen molar-refractivity contribution in [3.63, 3.8) is 0 Å². The van der Waals surface area contributed by atoms with Crippen molar-refractivity contribution in [1.29, 1.82) is 0 Å². The van der Waals surface area contributed by atoms with E-state index < -0.39 is 11.9 Å². The van der Waals surface area contributed by atoms with E-state index in [1.165, 1.54) is 10.9 Å². The second-order valence-corrected chi connectivity index (χ2v) is 6.78. The number of benzene rings is 1. The Balaban J connectivity index is 0.000000479. The Bertz CT molecular complexity index is 851. The second-order valence-electron chi connectivity index (χ2n) is 6.78. The Labute approximate surface area is 176 Å². The van der Waals surface area contributed by atoms with Gasteiger partial charge in [-0.1, -0.05) is 13.3 Å². The minimum atomic E-state index is -1.26. The number of carbonyl (C=O) groups is 2. The fourth-order valence-electron chi connectivity index (χ4n) is 2.90. The van der Waals surface area contributed by atoms with Crippen LogP contribution in [0.25, 0.3) is 10.9 Å². The highest BCUT2D eigenvalue weighted by Gasteiger charge is 2.11. The van der Waals surface area contributed by atoms with Crippen LogP contribution in [0.15, 0.2) is 36.5 Å². The molecule has 30 heavy (non-hydrogen) atoms. The van der Waals surface area contributed by atoms with E-state index in [1.54, 1.807) is 7.11 Å². The normalized spacial score (nSPS) is 11.6. The predicted octanol–water partition coefficient (Wildman–Crippen LogP) is 3.45. The largest absolute Gasteiger partial charge is 0.497 e. The summed E-state index contributed by atoms with van der Waals surface area (Å²) in [4.78, 5) is 23.7. The summed E-state index contributed by atoms with van der Waals surface area (Å²) in [6.07, 6.45) is 7.25. The molecular formula is C22H31N3O5. The van der Waals surface area contributed by atoms with Gasteiger partial charge < -0.3 is 26.0 Å². The summed E-state index contributed by atoms with van der Waals surface area (Å²) < 4.78 is 5.47. The highest BCUT2D eigenvalue weighted by Crippen LogP contribution is 2.31. The average Bonchev–Trinajstić information content (AvgIpc) is 2.71. The maximum Gasteiger partial charge on any atom is 0.328 e. The van der Waals surface area contributed by atoms with Crippen molar-refractivity contribution in [2.45, 2.75) is 45.6 Å². The summed E-state index contributed by atoms with van der Waals surface area (Å²) in [6, 6.07) is 6.58. The van der Waals surface area contributed by atoms with Gasteiger partial charge >= 0.3 is 11.9 Å². The molecule has 1 atom stereocenters. The number of fused-ring (bicyclic) bond motifs is 1. The molecule has 8 heteroatoms. The van der Waals surface area contributed by atoms with E-state index in [9.17, 15) is 9.59 Å². The highest BCUT2D eigenvalue weighted by atomic mass is 16.5. The third-order valence-electron chi connectivity index (χ3n) is 4.28. The van der Waals surface area contributed by atoms with E-state index >= 15 is 0 Å². The number of nitrogens with two attached hydrogens (primary N) is 1. The lowest BCUT2D eigenvalue weighted by Gasteiger charge is -2.18. The molecule has 0 spiro atoms. The Morgan fingerprint density at radius 1 is 1.27 bits per heavy atom. The van der Waals surface area contributed by atoms with Crippen LogP contribution in [0, 0.1) is 0 Å². The number of hydrogen-bond donors (Lipinski definition) is 4. The van der Waals surface area contributed by atoms with E-state index in [2.05, 4.69) is 36.3 Å². The van der Waals surface area contributed by atoms with Crippen LogP contribution in [0.4, 0.5) is 5.69 Å². The van der Waals surface area contributed by atoms with Crippen LogP contribution in [0.1, 0.15) is 38.7 Å². The first-order valence-electron chi connectivity index (χ1n) is 9.88. The summed E-state index contributed by atoms with van der Waals surface area (Å²) in [7, 11) is 1.71. The second kappa shape index (κ2) is 13.2. The number of pyridine rings is 1. The number of nitrogens with zero attached hydrogens (tertiary/aromatic N) is 1. The van der Waals surface area contributed by atoms with Crippen LogP contribution in [0.5, 0.6) is 5.75 Å². The van der Waals surface area contributed by atoms with E-state index in [0.717, 1.165) is 49.2 Å². The highest BCUT2D eigenvalue weighted by molar-refractivity contribution is 5.94. The van der Waals surface area contributed by atoms with Crippen molar-refractivity contribution in [2.24, 2.45) is 5.73 Å². The van der Waals surface area contributed by atoms with Crippen LogP contribution in [0.2, 0.25) is 0 Å². The lowest BCUT2D eigenvalue weighted by atomic mass is 10.0. The maximum absolute atomic E-state index is 9.55. The van der Waals surface area contributed by atoms with Gasteiger partial charge in [0, 0.05) is 35.8 Å². The molecule has 0 amide bonds. The number of anilines is 1. The van der Waals surface area contributed by atoms with Gasteiger partial charge in [-0.15, -0.1) is 0 Å². The Morgan fingerprint density at radius 3 is 2.47 bits per heavy atom. The van der Waals surface area contributed by atoms with Gasteiger partial charge in [0.2, 0.25) is 0 Å². The number of ether oxygens (including phenoxy) is 1. The summed E-state index contributed by atoms with van der Waals surface area (Å²) in [5, 5.41) is 20.4. The fourth-order valence-corrected chi connectivity index (χ4v) is 2.90. The molecule has 1 aromatic carbocycles. The fraction of sp³-hybridized carbons (Fsp3) is 0.409. The molecule has 0 aliphatic heterocycles. The van der Waals surface area contributed by atoms with Crippen molar-refractivity contribution in [3.8, 4) is 5.75 Å². The van der Waals surface area contributed by atoms with Crippen LogP contribution in [-0.2, 0) is 16.0 Å². The Morgan fingerprint density at radius 2 is 1.93 bits per heavy atom. The minimum Gasteiger partial charge on any atom is -0.497 e. The molecule has 0 saturated heterocycles. The van der Waals surface area contributed by atoms with Gasteiger partial charge in [0.1, 0.15) is 5.75 Å². The van der Waals surface area contributed by atoms with Crippen molar-refractivity contribution in [2.75, 3.05) is 19.0 Å². The molecule has 0 fully saturated rings. The lowest BCUT2D eigenvalue weighted by molar-refractivity contribution is -0.134. The standard InChI is InChI=1S/C18H27N3O.C4H4O4/c1-4-6-14-8-10-20-18-16(14)11-15(22-3)12-17(18)21-13(2)7-5-9-19;5-3(6)1-2-4(7)8/h8,10-13,21H,4-7,9,19H2,1-3H3;1-2H,(H,5,6)(H,7,8)/b;2-1+. The summed E-state index contributed by atoms with van der Waals surface area (Å²) in [5.74, 6) is -1.65. The van der Waals surface area contributed by atoms with Crippen LogP contribution in [-0.4, -0.2) is 46.8 Å². The summed E-state index contributed by atoms with van der Waals surface area (Å²) in [5.41, 5.74) is 8.98. The maximum atomic E-state index is 9.55. The number of hydrogen-bond acceptors (Lipinski definition) is 6. The van der Waals surface area contributed by atoms with Gasteiger partial charge in [0.25, 0.3) is 0 Å². The zero-order valence-corrected chi connectivity index (χ0v) is 17.7. The number of aliphatic carboxylic acids is 2. The number of carboxylic acid groups (broad SMARTS) is 2. The van der Waals surface area contributed by atoms with Gasteiger partial charge in [0.15, 0.2) is 0 Å². The molecule has 0 bridgehead atoms. The first kappa shape index (κ1) is 24.9. The predicted molar refractivity (Wildman–Crippen MR) is 118 cm³/mol. The van der Waals surface area contributed by atoms with Gasteiger partial charge in [-0.3, -0.25) is 4.98 Å². The monoisotopic (exact) mass is 417 g/mol. The van der Waals surface area contributed by atoms with Crippen molar-refractivity contribution in [3.05, 3.63) is 42.1 Å². The number of carboxylic acids is 2. The molecule has 0 aliphatic rings. The number of aryl methyl sites for hydroxylation is 1. The number of nitrogens with one attached hydrogen (secondary N) is 1. The van der Waals surface area contributed by atoms with Gasteiger partial charge in [-0.25, -0.2) is 9.59 Å². The smallest absolute Gasteiger partial charge is 0.328 e. The SMILES string of the molecule is CCCc1ccnc2c(NC(C)CCCN)cc(OC)cc12.O=C(O)/C=C/C(=O)O. The molecule has 1 unspecified atom stereocenters. The molecule has 0 radical (unpaired) electrons. The molecular weight excluding hydrogens is 386 g/mol. The molecule has 1 heterocycles. The molecule has 2 aromatic rings. The first-order valence-corrected chi connectivity index (χ1v) is 9.88. The van der Waals surface area contributed by atoms with E-state index in [-0.39, 0.29) is 0 Å². The molecule has 8 nitrogen and oxygen atoms in total. The quantitative estimate of drug-likeness (QED) is 0.432. The van der Waals surface area contributed by atoms with E-state index in [4.69, 9.17) is 20.7 Å². The zero-order chi connectivity index (χ0) is 22.5. The topological polar surface area (TPSA) is 135 Å². The summed E-state index contributed by atoms with van der Waals surface area (Å²) >= 11 is 0. The van der Waals surface area contributed by atoms with Gasteiger partial charge in [0.05, 0.1) is 18.3 Å². The van der Waals surface area contributed by atoms with Gasteiger partial charge in [-0.05, 0) is 50.4 Å². The molecule has 0 aliphatic carbocycles. The lowest BCUT2D eigenvalue weighted by Crippen LogP contribution is -2.17. The number of methoxy groups -OCH3 is 1. The average molecular weight is 418 g/mol. The van der Waals surface area contributed by atoms with Crippen LogP contribution >= 0.6 is 0 Å². The molecule has 2 rings (SSSR count). The Kier molecular flexibility index (Phi) is 10.9. The van der Waals surface area contributed by atoms with Crippen molar-refractivity contribution < 1.29 is 24.5 Å². The number of aromatic nitrogens is 1. The molecule has 0 saturated carbocycles. The third-order valence-corrected chi connectivity index (χ3v) is 4.28. The van der Waals surface area contributed by atoms with Gasteiger partial charge in [-0.2, -0.15) is 0 Å². The van der Waals surface area contributed by atoms with Crippen LogP contribution < -0.4 is 15.8 Å². The van der Waals surface area contributed by atoms with E-state index in [0.29, 0.717) is 18.2 Å². The third kappa shape index (κ3) is 8.48. The van der Waals surface area contributed by atoms with Crippen molar-refractivity contribution in [1.82, 2.24) is 4.98 Å². The van der Waals surface area contributed by atoms with Crippen molar-refractivity contribution >= 4 is 28.5 Å².